The zero-order chi connectivity index (χ0) is 11.6. The fraction of sp³-hybridized carbons (Fsp3) is 0.500. The largest absolute Gasteiger partial charge is 0.505 e. The Labute approximate surface area is 93.8 Å². The van der Waals surface area contributed by atoms with Crippen LogP contribution in [0.2, 0.25) is 0 Å². The molecule has 0 atom stereocenters. The van der Waals surface area contributed by atoms with Crippen molar-refractivity contribution in [1.82, 2.24) is 0 Å². The van der Waals surface area contributed by atoms with E-state index in [0.717, 1.165) is 0 Å². The summed E-state index contributed by atoms with van der Waals surface area (Å²) in [6, 6.07) is 4.62. The summed E-state index contributed by atoms with van der Waals surface area (Å²) in [5.74, 6) is -0.924. The monoisotopic (exact) mass is 226 g/mol. The van der Waals surface area contributed by atoms with Crippen molar-refractivity contribution in [3.8, 4) is 5.75 Å². The van der Waals surface area contributed by atoms with Crippen LogP contribution >= 0.6 is 0 Å². The van der Waals surface area contributed by atoms with Crippen molar-refractivity contribution in [3.63, 3.8) is 0 Å². The molecule has 0 unspecified atom stereocenters. The highest BCUT2D eigenvalue weighted by atomic mass is 19.1. The van der Waals surface area contributed by atoms with Gasteiger partial charge in [-0.25, -0.2) is 4.39 Å². The lowest BCUT2D eigenvalue weighted by Gasteiger charge is -2.36. The Morgan fingerprint density at radius 2 is 2.06 bits per heavy atom. The van der Waals surface area contributed by atoms with Crippen molar-refractivity contribution in [2.75, 3.05) is 20.3 Å². The lowest BCUT2D eigenvalue weighted by molar-refractivity contribution is -0.0967. The van der Waals surface area contributed by atoms with E-state index in [1.165, 1.54) is 6.07 Å². The van der Waals surface area contributed by atoms with Crippen LogP contribution in [0.1, 0.15) is 18.4 Å². The molecule has 1 aromatic rings. The normalized spacial score (nSPS) is 19.6. The van der Waals surface area contributed by atoms with Gasteiger partial charge in [0.15, 0.2) is 11.6 Å². The Hall–Kier alpha value is -1.13. The number of hydrogen-bond donors (Lipinski definition) is 1. The van der Waals surface area contributed by atoms with Crippen LogP contribution in [0.15, 0.2) is 18.2 Å². The van der Waals surface area contributed by atoms with E-state index in [0.29, 0.717) is 31.6 Å². The van der Waals surface area contributed by atoms with Gasteiger partial charge >= 0.3 is 0 Å². The lowest BCUT2D eigenvalue weighted by Crippen LogP contribution is -2.36. The SMILES string of the molecule is COC1(c2cccc(O)c2F)CCOCC1. The number of methoxy groups -OCH3 is 1. The number of phenols is 1. The Bertz CT molecular complexity index is 373. The van der Waals surface area contributed by atoms with Gasteiger partial charge in [0, 0.05) is 38.7 Å². The molecular weight excluding hydrogens is 211 g/mol. The van der Waals surface area contributed by atoms with Crippen LogP contribution in [-0.2, 0) is 15.1 Å². The molecule has 0 radical (unpaired) electrons. The molecule has 0 saturated carbocycles. The van der Waals surface area contributed by atoms with E-state index in [4.69, 9.17) is 9.47 Å². The first-order chi connectivity index (χ1) is 7.69. The van der Waals surface area contributed by atoms with E-state index in [2.05, 4.69) is 0 Å². The lowest BCUT2D eigenvalue weighted by atomic mass is 9.85. The molecule has 0 spiro atoms. The van der Waals surface area contributed by atoms with Gasteiger partial charge in [-0.1, -0.05) is 12.1 Å². The maximum Gasteiger partial charge on any atom is 0.170 e. The highest BCUT2D eigenvalue weighted by Crippen LogP contribution is 2.38. The molecule has 1 aliphatic heterocycles. The zero-order valence-electron chi connectivity index (χ0n) is 9.20. The fourth-order valence-electron chi connectivity index (χ4n) is 2.16. The minimum absolute atomic E-state index is 0.333. The predicted octanol–water partition coefficient (Wildman–Crippen LogP) is 2.18. The van der Waals surface area contributed by atoms with Gasteiger partial charge in [-0.2, -0.15) is 0 Å². The third-order valence-corrected chi connectivity index (χ3v) is 3.16. The van der Waals surface area contributed by atoms with Gasteiger partial charge in [0.2, 0.25) is 0 Å². The molecule has 1 N–H and O–H groups in total. The van der Waals surface area contributed by atoms with E-state index >= 15 is 0 Å². The molecule has 88 valence electrons. The molecular formula is C12H15FO3. The van der Waals surface area contributed by atoms with Crippen LogP contribution < -0.4 is 0 Å². The molecule has 0 aromatic heterocycles. The van der Waals surface area contributed by atoms with E-state index in [9.17, 15) is 9.50 Å². The van der Waals surface area contributed by atoms with Crippen molar-refractivity contribution in [1.29, 1.82) is 0 Å². The summed E-state index contributed by atoms with van der Waals surface area (Å²) >= 11 is 0. The topological polar surface area (TPSA) is 38.7 Å². The summed E-state index contributed by atoms with van der Waals surface area (Å²) in [7, 11) is 1.56. The van der Waals surface area contributed by atoms with Crippen molar-refractivity contribution in [2.24, 2.45) is 0 Å². The third kappa shape index (κ3) is 1.79. The quantitative estimate of drug-likeness (QED) is 0.840. The minimum atomic E-state index is -0.666. The minimum Gasteiger partial charge on any atom is -0.505 e. The van der Waals surface area contributed by atoms with Gasteiger partial charge in [0.1, 0.15) is 5.60 Å². The fourth-order valence-corrected chi connectivity index (χ4v) is 2.16. The molecule has 3 nitrogen and oxygen atoms in total. The van der Waals surface area contributed by atoms with Crippen molar-refractivity contribution < 1.29 is 19.0 Å². The molecule has 16 heavy (non-hydrogen) atoms. The van der Waals surface area contributed by atoms with Crippen LogP contribution in [0.4, 0.5) is 4.39 Å². The van der Waals surface area contributed by atoms with Crippen molar-refractivity contribution >= 4 is 0 Å². The Morgan fingerprint density at radius 1 is 1.38 bits per heavy atom. The third-order valence-electron chi connectivity index (χ3n) is 3.16. The summed E-state index contributed by atoms with van der Waals surface area (Å²) in [6.07, 6.45) is 1.20. The van der Waals surface area contributed by atoms with Gasteiger partial charge in [-0.05, 0) is 6.07 Å². The Balaban J connectivity index is 2.43. The second-order valence-electron chi connectivity index (χ2n) is 3.95. The second kappa shape index (κ2) is 4.39. The van der Waals surface area contributed by atoms with E-state index in [1.54, 1.807) is 19.2 Å². The molecule has 1 heterocycles. The highest BCUT2D eigenvalue weighted by molar-refractivity contribution is 5.34. The molecule has 4 heteroatoms. The number of benzene rings is 1. The van der Waals surface area contributed by atoms with Crippen LogP contribution in [0, 0.1) is 5.82 Å². The zero-order valence-corrected chi connectivity index (χ0v) is 9.20. The second-order valence-corrected chi connectivity index (χ2v) is 3.95. The maximum absolute atomic E-state index is 13.8. The number of hydrogen-bond acceptors (Lipinski definition) is 3. The van der Waals surface area contributed by atoms with Crippen LogP contribution in [0.25, 0.3) is 0 Å². The number of halogens is 1. The average Bonchev–Trinajstić information content (AvgIpc) is 2.33. The maximum atomic E-state index is 13.8. The van der Waals surface area contributed by atoms with Gasteiger partial charge in [-0.15, -0.1) is 0 Å². The standard InChI is InChI=1S/C12H15FO3/c1-15-12(5-7-16-8-6-12)9-3-2-4-10(14)11(9)13/h2-4,14H,5-8H2,1H3. The number of ether oxygens (including phenoxy) is 2. The van der Waals surface area contributed by atoms with Gasteiger partial charge < -0.3 is 14.6 Å². The van der Waals surface area contributed by atoms with Crippen molar-refractivity contribution in [3.05, 3.63) is 29.6 Å². The first-order valence-electron chi connectivity index (χ1n) is 5.30. The molecule has 0 amide bonds. The summed E-state index contributed by atoms with van der Waals surface area (Å²) in [6.45, 7) is 1.09. The van der Waals surface area contributed by atoms with E-state index in [1.807, 2.05) is 0 Å². The molecule has 2 rings (SSSR count). The summed E-state index contributed by atoms with van der Waals surface area (Å²) in [4.78, 5) is 0. The summed E-state index contributed by atoms with van der Waals surface area (Å²) in [5.41, 5.74) is -0.251. The van der Waals surface area contributed by atoms with Gasteiger partial charge in [0.25, 0.3) is 0 Å². The first-order valence-corrected chi connectivity index (χ1v) is 5.30. The van der Waals surface area contributed by atoms with Crippen LogP contribution in [-0.4, -0.2) is 25.4 Å². The van der Waals surface area contributed by atoms with E-state index < -0.39 is 11.4 Å². The van der Waals surface area contributed by atoms with Gasteiger partial charge in [0.05, 0.1) is 0 Å². The molecule has 1 fully saturated rings. The van der Waals surface area contributed by atoms with Crippen LogP contribution in [0.5, 0.6) is 5.75 Å². The summed E-state index contributed by atoms with van der Waals surface area (Å²) < 4.78 is 24.6. The molecule has 0 aliphatic carbocycles. The molecule has 1 aromatic carbocycles. The summed E-state index contributed by atoms with van der Waals surface area (Å²) in [5, 5.41) is 9.38. The molecule has 1 aliphatic rings. The Morgan fingerprint density at radius 3 is 2.69 bits per heavy atom. The average molecular weight is 226 g/mol. The van der Waals surface area contributed by atoms with E-state index in [-0.39, 0.29) is 5.75 Å². The molecule has 1 saturated heterocycles. The number of phenolic OH excluding ortho intramolecular Hbond substituents is 1. The highest BCUT2D eigenvalue weighted by Gasteiger charge is 2.37. The number of aromatic hydroxyl groups is 1. The van der Waals surface area contributed by atoms with Crippen molar-refractivity contribution in [2.45, 2.75) is 18.4 Å². The van der Waals surface area contributed by atoms with Gasteiger partial charge in [-0.3, -0.25) is 0 Å². The molecule has 0 bridgehead atoms. The Kier molecular flexibility index (Phi) is 3.12. The van der Waals surface area contributed by atoms with Crippen LogP contribution in [0.3, 0.4) is 0 Å². The number of rotatable bonds is 2. The predicted molar refractivity (Wildman–Crippen MR) is 56.8 cm³/mol. The first kappa shape index (κ1) is 11.4. The smallest absolute Gasteiger partial charge is 0.170 e.